The predicted octanol–water partition coefficient (Wildman–Crippen LogP) is 5.77. The number of allylic oxidation sites excluding steroid dienone is 3. The molecule has 0 heterocycles. The summed E-state index contributed by atoms with van der Waals surface area (Å²) < 4.78 is 0. The van der Waals surface area contributed by atoms with E-state index in [2.05, 4.69) is 19.9 Å². The maximum absolute atomic E-state index is 13.4. The van der Waals surface area contributed by atoms with E-state index in [-0.39, 0.29) is 28.3 Å². The van der Waals surface area contributed by atoms with Crippen molar-refractivity contribution in [2.24, 2.45) is 34.5 Å². The molecule has 6 atom stereocenters. The van der Waals surface area contributed by atoms with Gasteiger partial charge in [0.15, 0.2) is 5.78 Å². The van der Waals surface area contributed by atoms with Crippen LogP contribution in [0, 0.1) is 34.5 Å². The first-order valence-electron chi connectivity index (χ1n) is 11.7. The summed E-state index contributed by atoms with van der Waals surface area (Å²) >= 11 is 0. The minimum atomic E-state index is -0.785. The molecule has 0 amide bonds. The number of carbonyl (C=O) groups excluding carboxylic acids is 1. The smallest absolute Gasteiger partial charge is 0.331 e. The Bertz CT molecular complexity index is 987. The van der Waals surface area contributed by atoms with Crippen LogP contribution >= 0.6 is 0 Å². The van der Waals surface area contributed by atoms with Crippen LogP contribution in [0.15, 0.2) is 47.6 Å². The van der Waals surface area contributed by atoms with Crippen LogP contribution in [0.4, 0.5) is 0 Å². The summed E-state index contributed by atoms with van der Waals surface area (Å²) in [7, 11) is 0. The Kier molecular flexibility index (Phi) is 4.69. The van der Waals surface area contributed by atoms with Gasteiger partial charge in [0.05, 0.1) is 0 Å². The number of carbonyl (C=O) groups is 2. The zero-order chi connectivity index (χ0) is 22.0. The first-order chi connectivity index (χ1) is 14.7. The molecule has 0 aromatic heterocycles. The molecule has 0 unspecified atom stereocenters. The maximum Gasteiger partial charge on any atom is 0.331 e. The molecule has 4 nitrogen and oxygen atoms in total. The average molecular weight is 421 g/mol. The number of rotatable bonds is 3. The largest absolute Gasteiger partial charge is 0.508 e. The lowest BCUT2D eigenvalue weighted by molar-refractivity contribution is -0.133. The van der Waals surface area contributed by atoms with Gasteiger partial charge in [0.25, 0.3) is 0 Å². The van der Waals surface area contributed by atoms with Crippen molar-refractivity contribution in [2.45, 2.75) is 58.8 Å². The van der Waals surface area contributed by atoms with Crippen LogP contribution in [0.5, 0.6) is 5.75 Å². The lowest BCUT2D eigenvalue weighted by Crippen LogP contribution is -2.50. The topological polar surface area (TPSA) is 74.6 Å². The van der Waals surface area contributed by atoms with E-state index < -0.39 is 5.97 Å². The van der Waals surface area contributed by atoms with Gasteiger partial charge in [-0.1, -0.05) is 19.9 Å². The van der Waals surface area contributed by atoms with Gasteiger partial charge in [0, 0.05) is 17.1 Å². The van der Waals surface area contributed by atoms with Crippen molar-refractivity contribution in [1.29, 1.82) is 0 Å². The van der Waals surface area contributed by atoms with Crippen LogP contribution < -0.4 is 0 Å². The van der Waals surface area contributed by atoms with Gasteiger partial charge in [-0.15, -0.1) is 0 Å². The summed E-state index contributed by atoms with van der Waals surface area (Å²) in [5.41, 5.74) is 2.57. The highest BCUT2D eigenvalue weighted by molar-refractivity contribution is 5.98. The molecule has 2 fully saturated rings. The number of Topliss-reactive ketones (excluding diaryl/α,β-unsaturated/α-hetero) is 1. The number of hydrogen-bond donors (Lipinski definition) is 2. The third-order valence-corrected chi connectivity index (χ3v) is 9.51. The van der Waals surface area contributed by atoms with E-state index >= 15 is 0 Å². The van der Waals surface area contributed by atoms with Gasteiger partial charge in [0.2, 0.25) is 0 Å². The van der Waals surface area contributed by atoms with Crippen LogP contribution in [0.2, 0.25) is 0 Å². The highest BCUT2D eigenvalue weighted by Crippen LogP contribution is 2.66. The minimum Gasteiger partial charge on any atom is -0.508 e. The first-order valence-corrected chi connectivity index (χ1v) is 11.7. The number of ketones is 1. The van der Waals surface area contributed by atoms with E-state index in [1.54, 1.807) is 24.3 Å². The van der Waals surface area contributed by atoms with Crippen LogP contribution in [0.1, 0.15) is 69.2 Å². The second kappa shape index (κ2) is 7.08. The summed E-state index contributed by atoms with van der Waals surface area (Å²) in [6.07, 6.45) is 11.0. The van der Waals surface area contributed by atoms with Crippen molar-refractivity contribution >= 4 is 11.8 Å². The van der Waals surface area contributed by atoms with Crippen molar-refractivity contribution in [1.82, 2.24) is 0 Å². The summed E-state index contributed by atoms with van der Waals surface area (Å²) in [5.74, 6) is 1.37. The van der Waals surface area contributed by atoms with Crippen molar-refractivity contribution in [2.75, 3.05) is 0 Å². The van der Waals surface area contributed by atoms with Gasteiger partial charge in [0.1, 0.15) is 5.75 Å². The normalized spacial score (nSPS) is 38.9. The molecular formula is C27H32O4. The van der Waals surface area contributed by atoms with Gasteiger partial charge >= 0.3 is 5.97 Å². The Morgan fingerprint density at radius 2 is 1.74 bits per heavy atom. The van der Waals surface area contributed by atoms with E-state index in [4.69, 9.17) is 0 Å². The second-order valence-corrected chi connectivity index (χ2v) is 10.7. The molecule has 0 saturated heterocycles. The van der Waals surface area contributed by atoms with Crippen LogP contribution in [-0.4, -0.2) is 22.0 Å². The van der Waals surface area contributed by atoms with Crippen LogP contribution in [-0.2, 0) is 4.79 Å². The number of carboxylic acid groups (broad SMARTS) is 1. The molecule has 1 aromatic rings. The SMILES string of the molecule is C[C@]12CC[C@H]3[C@@H](CC=C4C=C(C(=O)O)CC[C@]43C)[C@@H]1CC[C@@H]2C(=O)c1ccc(O)cc1. The van der Waals surface area contributed by atoms with E-state index in [1.807, 2.05) is 6.08 Å². The third-order valence-electron chi connectivity index (χ3n) is 9.51. The van der Waals surface area contributed by atoms with E-state index in [0.29, 0.717) is 35.3 Å². The fraction of sp³-hybridized carbons (Fsp3) is 0.556. The lowest BCUT2D eigenvalue weighted by atomic mass is 9.47. The van der Waals surface area contributed by atoms with Crippen molar-refractivity contribution in [3.05, 3.63) is 53.1 Å². The number of phenols is 1. The van der Waals surface area contributed by atoms with E-state index in [9.17, 15) is 19.8 Å². The predicted molar refractivity (Wildman–Crippen MR) is 119 cm³/mol. The Balaban J connectivity index is 1.43. The summed E-state index contributed by atoms with van der Waals surface area (Å²) in [5, 5.41) is 19.0. The molecule has 0 bridgehead atoms. The Hall–Kier alpha value is -2.36. The zero-order valence-corrected chi connectivity index (χ0v) is 18.4. The summed E-state index contributed by atoms with van der Waals surface area (Å²) in [6.45, 7) is 4.69. The molecule has 31 heavy (non-hydrogen) atoms. The van der Waals surface area contributed by atoms with Crippen LogP contribution in [0.25, 0.3) is 0 Å². The fourth-order valence-corrected chi connectivity index (χ4v) is 7.75. The number of fused-ring (bicyclic) bond motifs is 5. The number of hydrogen-bond acceptors (Lipinski definition) is 3. The molecule has 4 aliphatic rings. The molecule has 2 saturated carbocycles. The molecule has 0 spiro atoms. The lowest BCUT2D eigenvalue weighted by Gasteiger charge is -2.57. The molecule has 4 heteroatoms. The van der Waals surface area contributed by atoms with Crippen molar-refractivity contribution in [3.8, 4) is 5.75 Å². The summed E-state index contributed by atoms with van der Waals surface area (Å²) in [4.78, 5) is 24.9. The quantitative estimate of drug-likeness (QED) is 0.608. The standard InChI is InChI=1S/C27H32O4/c1-26-13-11-17(25(30)31)15-18(26)5-8-20-21-9-10-23(27(21,2)14-12-22(20)26)24(29)16-3-6-19(28)7-4-16/h3-7,15,20-23,28H,8-14H2,1-2H3,(H,30,31)/t20-,21-,22-,23+,26+,27-/m0/s1. The van der Waals surface area contributed by atoms with E-state index in [1.165, 1.54) is 5.57 Å². The molecule has 0 radical (unpaired) electrons. The molecule has 4 aliphatic carbocycles. The third kappa shape index (κ3) is 3.01. The molecule has 2 N–H and O–H groups in total. The maximum atomic E-state index is 13.4. The molecular weight excluding hydrogens is 388 g/mol. The number of aliphatic carboxylic acids is 1. The summed E-state index contributed by atoms with van der Waals surface area (Å²) in [6, 6.07) is 6.72. The number of aromatic hydroxyl groups is 1. The molecule has 1 aromatic carbocycles. The Morgan fingerprint density at radius 3 is 2.45 bits per heavy atom. The fourth-order valence-electron chi connectivity index (χ4n) is 7.75. The minimum absolute atomic E-state index is 0.0224. The highest BCUT2D eigenvalue weighted by Gasteiger charge is 2.59. The Morgan fingerprint density at radius 1 is 1.00 bits per heavy atom. The average Bonchev–Trinajstić information content (AvgIpc) is 3.10. The van der Waals surface area contributed by atoms with Crippen molar-refractivity contribution < 1.29 is 19.8 Å². The van der Waals surface area contributed by atoms with Gasteiger partial charge in [-0.05, 0) is 109 Å². The zero-order valence-electron chi connectivity index (χ0n) is 18.4. The first kappa shape index (κ1) is 20.5. The van der Waals surface area contributed by atoms with Gasteiger partial charge < -0.3 is 10.2 Å². The monoisotopic (exact) mass is 420 g/mol. The number of benzene rings is 1. The van der Waals surface area contributed by atoms with E-state index in [0.717, 1.165) is 38.5 Å². The van der Waals surface area contributed by atoms with Crippen molar-refractivity contribution in [3.63, 3.8) is 0 Å². The second-order valence-electron chi connectivity index (χ2n) is 10.7. The molecule has 164 valence electrons. The number of carboxylic acids is 1. The Labute approximate surface area is 184 Å². The highest BCUT2D eigenvalue weighted by atomic mass is 16.4. The van der Waals surface area contributed by atoms with Gasteiger partial charge in [-0.2, -0.15) is 0 Å². The molecule has 5 rings (SSSR count). The van der Waals surface area contributed by atoms with Gasteiger partial charge in [-0.25, -0.2) is 4.79 Å². The number of phenolic OH excluding ortho intramolecular Hbond substituents is 1. The molecule has 0 aliphatic heterocycles. The van der Waals surface area contributed by atoms with Gasteiger partial charge in [-0.3, -0.25) is 4.79 Å². The van der Waals surface area contributed by atoms with Crippen LogP contribution in [0.3, 0.4) is 0 Å².